The Labute approximate surface area is 126 Å². The molecule has 0 aliphatic carbocycles. The van der Waals surface area contributed by atoms with Gasteiger partial charge in [0.25, 0.3) is 0 Å². The third kappa shape index (κ3) is 2.76. The van der Waals surface area contributed by atoms with Crippen LogP contribution in [0.4, 0.5) is 0 Å². The second-order valence-corrected chi connectivity index (χ2v) is 5.65. The zero-order valence-corrected chi connectivity index (χ0v) is 12.9. The predicted molar refractivity (Wildman–Crippen MR) is 77.5 cm³/mol. The normalized spacial score (nSPS) is 10.4. The van der Waals surface area contributed by atoms with Gasteiger partial charge in [0.2, 0.25) is 0 Å². The number of nitrogens with zero attached hydrogens (tertiary/aromatic N) is 4. The van der Waals surface area contributed by atoms with E-state index in [2.05, 4.69) is 16.2 Å². The molecule has 0 spiro atoms. The first-order valence-electron chi connectivity index (χ1n) is 6.18. The lowest BCUT2D eigenvalue weighted by Gasteiger charge is -2.09. The summed E-state index contributed by atoms with van der Waals surface area (Å²) in [5.74, 6) is -1.03. The Hall–Kier alpha value is -2.33. The summed E-state index contributed by atoms with van der Waals surface area (Å²) in [5.41, 5.74) is 2.60. The van der Waals surface area contributed by atoms with Crippen LogP contribution in [0.5, 0.6) is 0 Å². The van der Waals surface area contributed by atoms with Crippen LogP contribution in [-0.2, 0) is 7.05 Å². The van der Waals surface area contributed by atoms with E-state index in [9.17, 15) is 15.2 Å². The highest BCUT2D eigenvalue weighted by molar-refractivity contribution is 7.99. The first-order valence-corrected chi connectivity index (χ1v) is 7.00. The molecule has 6 nitrogen and oxygen atoms in total. The predicted octanol–water partition coefficient (Wildman–Crippen LogP) is 2.46. The number of aromatic nitrogens is 3. The minimum atomic E-state index is -1.03. The fourth-order valence-electron chi connectivity index (χ4n) is 2.11. The van der Waals surface area contributed by atoms with Crippen molar-refractivity contribution >= 4 is 17.7 Å². The summed E-state index contributed by atoms with van der Waals surface area (Å²) in [5, 5.41) is 23.8. The molecule has 0 saturated heterocycles. The van der Waals surface area contributed by atoms with E-state index < -0.39 is 5.97 Å². The number of pyridine rings is 1. The van der Waals surface area contributed by atoms with Crippen molar-refractivity contribution in [2.45, 2.75) is 30.8 Å². The molecule has 1 N–H and O–H groups in total. The minimum Gasteiger partial charge on any atom is -0.478 e. The van der Waals surface area contributed by atoms with Crippen LogP contribution >= 0.6 is 11.8 Å². The lowest BCUT2D eigenvalue weighted by atomic mass is 10.1. The molecule has 0 atom stereocenters. The highest BCUT2D eigenvalue weighted by Crippen LogP contribution is 2.33. The molecule has 0 radical (unpaired) electrons. The molecule has 108 valence electrons. The number of rotatable bonds is 3. The van der Waals surface area contributed by atoms with Gasteiger partial charge in [0.05, 0.1) is 11.3 Å². The number of aryl methyl sites for hydroxylation is 4. The molecule has 0 amide bonds. The van der Waals surface area contributed by atoms with Gasteiger partial charge < -0.3 is 5.11 Å². The Balaban J connectivity index is 2.60. The van der Waals surface area contributed by atoms with E-state index in [0.29, 0.717) is 26.9 Å². The monoisotopic (exact) mass is 302 g/mol. The first-order chi connectivity index (χ1) is 9.85. The molecule has 0 unspecified atom stereocenters. The van der Waals surface area contributed by atoms with E-state index in [1.807, 2.05) is 6.92 Å². The van der Waals surface area contributed by atoms with Gasteiger partial charge in [0.15, 0.2) is 0 Å². The van der Waals surface area contributed by atoms with Crippen molar-refractivity contribution in [2.24, 2.45) is 7.05 Å². The summed E-state index contributed by atoms with van der Waals surface area (Å²) in [7, 11) is 1.72. The van der Waals surface area contributed by atoms with Crippen molar-refractivity contribution < 1.29 is 9.90 Å². The van der Waals surface area contributed by atoms with Crippen LogP contribution in [0.3, 0.4) is 0 Å². The molecule has 0 aliphatic heterocycles. The molecule has 0 saturated carbocycles. The maximum absolute atomic E-state index is 11.4. The lowest BCUT2D eigenvalue weighted by Crippen LogP contribution is -2.06. The second-order valence-electron chi connectivity index (χ2n) is 4.67. The Bertz CT molecular complexity index is 774. The zero-order chi connectivity index (χ0) is 15.7. The molecule has 0 aliphatic rings. The van der Waals surface area contributed by atoms with E-state index in [-0.39, 0.29) is 5.56 Å². The number of carboxylic acids is 1. The van der Waals surface area contributed by atoms with Crippen LogP contribution in [-0.4, -0.2) is 25.8 Å². The third-order valence-electron chi connectivity index (χ3n) is 3.00. The third-order valence-corrected chi connectivity index (χ3v) is 4.15. The topological polar surface area (TPSA) is 91.8 Å². The van der Waals surface area contributed by atoms with Crippen LogP contribution in [0.2, 0.25) is 0 Å². The van der Waals surface area contributed by atoms with Gasteiger partial charge in [0, 0.05) is 12.7 Å². The molecule has 2 aromatic rings. The van der Waals surface area contributed by atoms with Crippen molar-refractivity contribution in [3.63, 3.8) is 0 Å². The fraction of sp³-hybridized carbons (Fsp3) is 0.286. The first kappa shape index (κ1) is 15.1. The van der Waals surface area contributed by atoms with Crippen molar-refractivity contribution in [3.8, 4) is 6.07 Å². The Morgan fingerprint density at radius 1 is 1.43 bits per heavy atom. The SMILES string of the molecule is Cc1cc(C)c(C(=O)O)c(Sc2c(C#N)c(C)nn2C)n1. The average molecular weight is 302 g/mol. The second kappa shape index (κ2) is 5.58. The van der Waals surface area contributed by atoms with Crippen LogP contribution in [0.15, 0.2) is 16.1 Å². The molecule has 7 heteroatoms. The Morgan fingerprint density at radius 3 is 2.67 bits per heavy atom. The lowest BCUT2D eigenvalue weighted by molar-refractivity contribution is 0.0691. The van der Waals surface area contributed by atoms with Gasteiger partial charge in [-0.2, -0.15) is 10.4 Å². The fourth-order valence-corrected chi connectivity index (χ4v) is 3.30. The Morgan fingerprint density at radius 2 is 2.10 bits per heavy atom. The van der Waals surface area contributed by atoms with Crippen LogP contribution in [0.1, 0.15) is 32.9 Å². The number of hydrogen-bond donors (Lipinski definition) is 1. The van der Waals surface area contributed by atoms with Crippen LogP contribution in [0.25, 0.3) is 0 Å². The smallest absolute Gasteiger partial charge is 0.338 e. The number of nitriles is 1. The highest BCUT2D eigenvalue weighted by Gasteiger charge is 2.21. The van der Waals surface area contributed by atoms with E-state index in [4.69, 9.17) is 0 Å². The maximum atomic E-state index is 11.4. The summed E-state index contributed by atoms with van der Waals surface area (Å²) >= 11 is 1.16. The molecule has 0 aromatic carbocycles. The largest absolute Gasteiger partial charge is 0.478 e. The van der Waals surface area contributed by atoms with Gasteiger partial charge in [0.1, 0.15) is 21.7 Å². The van der Waals surface area contributed by atoms with Crippen molar-refractivity contribution in [3.05, 3.63) is 34.1 Å². The molecular formula is C14H14N4O2S. The summed E-state index contributed by atoms with van der Waals surface area (Å²) < 4.78 is 1.57. The zero-order valence-electron chi connectivity index (χ0n) is 12.1. The number of hydrogen-bond acceptors (Lipinski definition) is 5. The average Bonchev–Trinajstić information content (AvgIpc) is 2.62. The summed E-state index contributed by atoms with van der Waals surface area (Å²) in [6.07, 6.45) is 0. The van der Waals surface area contributed by atoms with E-state index in [1.54, 1.807) is 31.6 Å². The Kier molecular flexibility index (Phi) is 4.00. The van der Waals surface area contributed by atoms with E-state index >= 15 is 0 Å². The molecule has 21 heavy (non-hydrogen) atoms. The van der Waals surface area contributed by atoms with E-state index in [1.165, 1.54) is 0 Å². The molecule has 0 fully saturated rings. The molecule has 2 heterocycles. The number of carboxylic acid groups (broad SMARTS) is 1. The van der Waals surface area contributed by atoms with Crippen LogP contribution < -0.4 is 0 Å². The van der Waals surface area contributed by atoms with Gasteiger partial charge in [-0.3, -0.25) is 4.68 Å². The van der Waals surface area contributed by atoms with Crippen molar-refractivity contribution in [1.29, 1.82) is 5.26 Å². The van der Waals surface area contributed by atoms with E-state index in [0.717, 1.165) is 17.5 Å². The van der Waals surface area contributed by atoms with Crippen LogP contribution in [0, 0.1) is 32.1 Å². The molecule has 0 bridgehead atoms. The number of carbonyl (C=O) groups is 1. The summed E-state index contributed by atoms with van der Waals surface area (Å²) in [4.78, 5) is 15.8. The van der Waals surface area contributed by atoms with Gasteiger partial charge in [-0.15, -0.1) is 0 Å². The van der Waals surface area contributed by atoms with Crippen molar-refractivity contribution in [1.82, 2.24) is 14.8 Å². The van der Waals surface area contributed by atoms with Crippen molar-refractivity contribution in [2.75, 3.05) is 0 Å². The quantitative estimate of drug-likeness (QED) is 0.936. The number of aromatic carboxylic acids is 1. The van der Waals surface area contributed by atoms with Gasteiger partial charge in [-0.1, -0.05) is 0 Å². The molecular weight excluding hydrogens is 288 g/mol. The maximum Gasteiger partial charge on any atom is 0.338 e. The highest BCUT2D eigenvalue weighted by atomic mass is 32.2. The summed E-state index contributed by atoms with van der Waals surface area (Å²) in [6.45, 7) is 5.29. The standard InChI is InChI=1S/C14H14N4O2S/c1-7-5-8(2)16-12(11(7)14(19)20)21-13-10(6-15)9(3)17-18(13)4/h5H,1-4H3,(H,19,20). The minimum absolute atomic E-state index is 0.161. The molecule has 2 aromatic heterocycles. The molecule has 2 rings (SSSR count). The van der Waals surface area contributed by atoms with Gasteiger partial charge in [-0.05, 0) is 44.2 Å². The van der Waals surface area contributed by atoms with Gasteiger partial charge >= 0.3 is 5.97 Å². The van der Waals surface area contributed by atoms with Gasteiger partial charge in [-0.25, -0.2) is 9.78 Å². The summed E-state index contributed by atoms with van der Waals surface area (Å²) in [6, 6.07) is 3.83.